The number of ether oxygens (including phenoxy) is 1. The molecule has 0 radical (unpaired) electrons. The highest BCUT2D eigenvalue weighted by atomic mass is 127. The predicted octanol–water partition coefficient (Wildman–Crippen LogP) is 3.25. The zero-order chi connectivity index (χ0) is 15.0. The highest BCUT2D eigenvalue weighted by Gasteiger charge is 2.13. The van der Waals surface area contributed by atoms with Crippen LogP contribution >= 0.6 is 24.0 Å². The number of halogens is 4. The lowest BCUT2D eigenvalue weighted by Crippen LogP contribution is -2.32. The molecule has 4 nitrogen and oxygen atoms in total. The first-order valence-corrected chi connectivity index (χ1v) is 6.30. The van der Waals surface area contributed by atoms with E-state index in [1.54, 1.807) is 0 Å². The van der Waals surface area contributed by atoms with Crippen molar-refractivity contribution >= 4 is 29.9 Å². The van der Waals surface area contributed by atoms with Crippen molar-refractivity contribution < 1.29 is 17.9 Å². The van der Waals surface area contributed by atoms with Crippen molar-refractivity contribution in [1.82, 2.24) is 5.32 Å². The normalized spacial score (nSPS) is 11.2. The Hall–Kier alpha value is -1.19. The molecule has 0 saturated carbocycles. The zero-order valence-electron chi connectivity index (χ0n) is 11.6. The Labute approximate surface area is 139 Å². The molecule has 0 aliphatic heterocycles. The summed E-state index contributed by atoms with van der Waals surface area (Å²) in [4.78, 5) is 3.91. The standard InChI is InChI=1S/C13H18F3N3O.HI/c1-2-3-7-18-13(17)19-8-9-10(14)5-4-6-11(9)20-12(15)16;/h4-6,12H,2-3,7-8H2,1H3,(H3,17,18,19);1H. The summed E-state index contributed by atoms with van der Waals surface area (Å²) in [5, 5.41) is 2.85. The summed E-state index contributed by atoms with van der Waals surface area (Å²) in [7, 11) is 0. The number of hydrogen-bond donors (Lipinski definition) is 2. The first-order valence-electron chi connectivity index (χ1n) is 6.30. The fourth-order valence-corrected chi connectivity index (χ4v) is 1.51. The van der Waals surface area contributed by atoms with E-state index in [4.69, 9.17) is 5.73 Å². The summed E-state index contributed by atoms with van der Waals surface area (Å²) in [5.74, 6) is -0.747. The van der Waals surface area contributed by atoms with E-state index in [0.717, 1.165) is 18.9 Å². The molecular formula is C13H19F3IN3O. The summed E-state index contributed by atoms with van der Waals surface area (Å²) >= 11 is 0. The van der Waals surface area contributed by atoms with Crippen LogP contribution in [0.1, 0.15) is 25.3 Å². The third-order valence-electron chi connectivity index (χ3n) is 2.54. The first-order chi connectivity index (χ1) is 9.54. The molecule has 0 aliphatic carbocycles. The van der Waals surface area contributed by atoms with Gasteiger partial charge in [0, 0.05) is 6.54 Å². The molecule has 21 heavy (non-hydrogen) atoms. The number of unbranched alkanes of at least 4 members (excludes halogenated alkanes) is 1. The van der Waals surface area contributed by atoms with Crippen LogP contribution in [0, 0.1) is 5.82 Å². The monoisotopic (exact) mass is 417 g/mol. The lowest BCUT2D eigenvalue weighted by atomic mass is 10.2. The Balaban J connectivity index is 0.00000400. The Morgan fingerprint density at radius 3 is 2.76 bits per heavy atom. The molecule has 0 aromatic heterocycles. The summed E-state index contributed by atoms with van der Waals surface area (Å²) < 4.78 is 42.3. The maximum atomic E-state index is 13.6. The molecule has 0 aliphatic rings. The van der Waals surface area contributed by atoms with Crippen molar-refractivity contribution in [2.24, 2.45) is 10.7 Å². The molecule has 0 atom stereocenters. The van der Waals surface area contributed by atoms with Gasteiger partial charge < -0.3 is 15.8 Å². The van der Waals surface area contributed by atoms with Crippen molar-refractivity contribution in [3.8, 4) is 5.75 Å². The average Bonchev–Trinajstić information content (AvgIpc) is 2.37. The topological polar surface area (TPSA) is 59.6 Å². The lowest BCUT2D eigenvalue weighted by molar-refractivity contribution is -0.0506. The summed E-state index contributed by atoms with van der Waals surface area (Å²) in [6.45, 7) is -0.495. The van der Waals surface area contributed by atoms with Gasteiger partial charge in [-0.3, -0.25) is 0 Å². The largest absolute Gasteiger partial charge is 0.434 e. The van der Waals surface area contributed by atoms with Crippen LogP contribution in [-0.4, -0.2) is 19.1 Å². The number of alkyl halides is 2. The average molecular weight is 417 g/mol. The number of nitrogens with two attached hydrogens (primary N) is 1. The third kappa shape index (κ3) is 7.39. The van der Waals surface area contributed by atoms with E-state index < -0.39 is 12.4 Å². The maximum Gasteiger partial charge on any atom is 0.387 e. The van der Waals surface area contributed by atoms with Gasteiger partial charge in [-0.05, 0) is 18.6 Å². The van der Waals surface area contributed by atoms with Gasteiger partial charge in [0.15, 0.2) is 5.96 Å². The predicted molar refractivity (Wildman–Crippen MR) is 86.7 cm³/mol. The fraction of sp³-hybridized carbons (Fsp3) is 0.462. The number of nitrogens with zero attached hydrogens (tertiary/aromatic N) is 1. The van der Waals surface area contributed by atoms with Crippen LogP contribution < -0.4 is 15.8 Å². The van der Waals surface area contributed by atoms with E-state index in [0.29, 0.717) is 6.54 Å². The van der Waals surface area contributed by atoms with Gasteiger partial charge in [0.05, 0.1) is 12.1 Å². The Bertz CT molecular complexity index is 458. The van der Waals surface area contributed by atoms with Gasteiger partial charge in [-0.25, -0.2) is 9.38 Å². The molecule has 0 saturated heterocycles. The molecule has 0 unspecified atom stereocenters. The van der Waals surface area contributed by atoms with Crippen molar-refractivity contribution in [3.05, 3.63) is 29.6 Å². The van der Waals surface area contributed by atoms with E-state index in [1.165, 1.54) is 12.1 Å². The van der Waals surface area contributed by atoms with Crippen LogP contribution in [0.15, 0.2) is 23.2 Å². The number of guanidine groups is 1. The van der Waals surface area contributed by atoms with Gasteiger partial charge in [0.2, 0.25) is 0 Å². The van der Waals surface area contributed by atoms with E-state index in [-0.39, 0.29) is 47.8 Å². The van der Waals surface area contributed by atoms with E-state index in [1.807, 2.05) is 6.92 Å². The molecule has 0 amide bonds. The molecule has 0 bridgehead atoms. The molecule has 1 aromatic carbocycles. The smallest absolute Gasteiger partial charge is 0.387 e. The number of nitrogens with one attached hydrogen (secondary N) is 1. The zero-order valence-corrected chi connectivity index (χ0v) is 13.9. The van der Waals surface area contributed by atoms with Gasteiger partial charge >= 0.3 is 6.61 Å². The second kappa shape index (κ2) is 10.5. The minimum atomic E-state index is -3.01. The molecule has 0 heterocycles. The van der Waals surface area contributed by atoms with Gasteiger partial charge in [-0.15, -0.1) is 24.0 Å². The van der Waals surface area contributed by atoms with Crippen LogP contribution in [0.5, 0.6) is 5.75 Å². The Morgan fingerprint density at radius 1 is 1.43 bits per heavy atom. The second-order valence-electron chi connectivity index (χ2n) is 4.08. The highest BCUT2D eigenvalue weighted by Crippen LogP contribution is 2.24. The Morgan fingerprint density at radius 2 is 2.14 bits per heavy atom. The van der Waals surface area contributed by atoms with Crippen molar-refractivity contribution in [3.63, 3.8) is 0 Å². The highest BCUT2D eigenvalue weighted by molar-refractivity contribution is 14.0. The van der Waals surface area contributed by atoms with Crippen molar-refractivity contribution in [1.29, 1.82) is 0 Å². The molecular weight excluding hydrogens is 398 g/mol. The van der Waals surface area contributed by atoms with Crippen LogP contribution in [0.2, 0.25) is 0 Å². The van der Waals surface area contributed by atoms with Crippen LogP contribution in [0.3, 0.4) is 0 Å². The number of benzene rings is 1. The van der Waals surface area contributed by atoms with Gasteiger partial charge in [0.1, 0.15) is 11.6 Å². The molecule has 1 rings (SSSR count). The van der Waals surface area contributed by atoms with Gasteiger partial charge in [-0.2, -0.15) is 8.78 Å². The maximum absolute atomic E-state index is 13.6. The Kier molecular flexibility index (Phi) is 9.93. The van der Waals surface area contributed by atoms with Crippen LogP contribution in [0.4, 0.5) is 13.2 Å². The summed E-state index contributed by atoms with van der Waals surface area (Å²) in [6, 6.07) is 3.72. The van der Waals surface area contributed by atoms with Crippen LogP contribution in [-0.2, 0) is 6.54 Å². The first kappa shape index (κ1) is 19.8. The lowest BCUT2D eigenvalue weighted by Gasteiger charge is -2.10. The minimum Gasteiger partial charge on any atom is -0.434 e. The van der Waals surface area contributed by atoms with Crippen molar-refractivity contribution in [2.75, 3.05) is 6.54 Å². The van der Waals surface area contributed by atoms with E-state index in [9.17, 15) is 13.2 Å². The molecule has 3 N–H and O–H groups in total. The van der Waals surface area contributed by atoms with Gasteiger partial charge in [-0.1, -0.05) is 19.4 Å². The molecule has 120 valence electrons. The SMILES string of the molecule is CCCCNC(N)=NCc1c(F)cccc1OC(F)F.I. The number of aliphatic imine (C=N–C) groups is 1. The number of rotatable bonds is 7. The van der Waals surface area contributed by atoms with Crippen molar-refractivity contribution in [2.45, 2.75) is 32.9 Å². The van der Waals surface area contributed by atoms with E-state index in [2.05, 4.69) is 15.0 Å². The quantitative estimate of drug-likeness (QED) is 0.310. The molecule has 1 aromatic rings. The third-order valence-corrected chi connectivity index (χ3v) is 2.54. The minimum absolute atomic E-state index is 0. The summed E-state index contributed by atoms with van der Waals surface area (Å²) in [6.07, 6.45) is 1.93. The van der Waals surface area contributed by atoms with E-state index >= 15 is 0 Å². The van der Waals surface area contributed by atoms with Crippen LogP contribution in [0.25, 0.3) is 0 Å². The summed E-state index contributed by atoms with van der Waals surface area (Å²) in [5.41, 5.74) is 5.54. The second-order valence-corrected chi connectivity index (χ2v) is 4.08. The molecule has 0 spiro atoms. The number of hydrogen-bond acceptors (Lipinski definition) is 2. The molecule has 0 fully saturated rings. The van der Waals surface area contributed by atoms with Gasteiger partial charge in [0.25, 0.3) is 0 Å². The fourth-order valence-electron chi connectivity index (χ4n) is 1.51. The molecule has 8 heteroatoms.